The first kappa shape index (κ1) is 25.0. The maximum absolute atomic E-state index is 13.3. The Morgan fingerprint density at radius 1 is 0.917 bits per heavy atom. The Balaban J connectivity index is 1.51. The van der Waals surface area contributed by atoms with Crippen LogP contribution in [-0.2, 0) is 27.3 Å². The van der Waals surface area contributed by atoms with Gasteiger partial charge >= 0.3 is 6.09 Å². The fourth-order valence-corrected chi connectivity index (χ4v) is 4.16. The normalized spacial score (nSPS) is 17.8. The summed E-state index contributed by atoms with van der Waals surface area (Å²) in [4.78, 5) is 40.1. The molecule has 1 heterocycles. The van der Waals surface area contributed by atoms with Gasteiger partial charge in [0.1, 0.15) is 0 Å². The van der Waals surface area contributed by atoms with Crippen LogP contribution < -0.4 is 10.6 Å². The molecule has 7 heteroatoms. The van der Waals surface area contributed by atoms with Gasteiger partial charge in [0.15, 0.2) is 12.1 Å². The molecule has 1 aliphatic heterocycles. The van der Waals surface area contributed by atoms with Crippen molar-refractivity contribution in [2.75, 3.05) is 5.32 Å². The van der Waals surface area contributed by atoms with Crippen molar-refractivity contribution in [3.8, 4) is 0 Å². The highest BCUT2D eigenvalue weighted by molar-refractivity contribution is 5.92. The van der Waals surface area contributed by atoms with E-state index < -0.39 is 18.2 Å². The lowest BCUT2D eigenvalue weighted by Crippen LogP contribution is -2.48. The number of amides is 3. The molecule has 1 fully saturated rings. The number of hydrogen-bond acceptors (Lipinski definition) is 4. The van der Waals surface area contributed by atoms with Crippen LogP contribution in [0.2, 0.25) is 0 Å². The molecule has 1 saturated heterocycles. The average Bonchev–Trinajstić information content (AvgIpc) is 3.21. The van der Waals surface area contributed by atoms with Gasteiger partial charge in [-0.05, 0) is 42.2 Å². The third-order valence-corrected chi connectivity index (χ3v) is 6.28. The Bertz CT molecular complexity index is 1180. The number of hydrogen-bond donors (Lipinski definition) is 2. The molecule has 0 aliphatic carbocycles. The van der Waals surface area contributed by atoms with Crippen molar-refractivity contribution >= 4 is 23.6 Å². The average molecular weight is 486 g/mol. The van der Waals surface area contributed by atoms with Gasteiger partial charge in [-0.1, -0.05) is 79.7 Å². The van der Waals surface area contributed by atoms with E-state index in [-0.39, 0.29) is 30.8 Å². The lowest BCUT2D eigenvalue weighted by molar-refractivity contribution is -0.127. The molecule has 3 atom stereocenters. The van der Waals surface area contributed by atoms with Crippen LogP contribution in [0.15, 0.2) is 84.9 Å². The molecule has 186 valence electrons. The highest BCUT2D eigenvalue weighted by atomic mass is 16.6. The Morgan fingerprint density at radius 2 is 1.53 bits per heavy atom. The predicted molar refractivity (Wildman–Crippen MR) is 138 cm³/mol. The highest BCUT2D eigenvalue weighted by Gasteiger charge is 2.47. The van der Waals surface area contributed by atoms with E-state index in [1.807, 2.05) is 74.5 Å². The SMILES string of the molecule is CC[C@H](C)NC(=O)[C@H]1[C@H](c2ccc(NC(=O)Cc3ccccc3)cc2)OC(=O)N1Cc1ccccc1. The van der Waals surface area contributed by atoms with Crippen LogP contribution in [0.25, 0.3) is 0 Å². The number of anilines is 1. The second-order valence-corrected chi connectivity index (χ2v) is 9.01. The van der Waals surface area contributed by atoms with Gasteiger partial charge in [-0.15, -0.1) is 0 Å². The fourth-order valence-electron chi connectivity index (χ4n) is 4.16. The summed E-state index contributed by atoms with van der Waals surface area (Å²) in [7, 11) is 0. The van der Waals surface area contributed by atoms with Gasteiger partial charge in [-0.25, -0.2) is 4.79 Å². The molecule has 0 unspecified atom stereocenters. The van der Waals surface area contributed by atoms with Gasteiger partial charge in [0, 0.05) is 11.7 Å². The van der Waals surface area contributed by atoms with Crippen molar-refractivity contribution in [1.29, 1.82) is 0 Å². The molecule has 3 aromatic carbocycles. The van der Waals surface area contributed by atoms with Crippen LogP contribution >= 0.6 is 0 Å². The van der Waals surface area contributed by atoms with E-state index in [0.29, 0.717) is 11.3 Å². The molecule has 36 heavy (non-hydrogen) atoms. The van der Waals surface area contributed by atoms with E-state index >= 15 is 0 Å². The van der Waals surface area contributed by atoms with Gasteiger partial charge in [0.25, 0.3) is 0 Å². The molecule has 0 spiro atoms. The Morgan fingerprint density at radius 3 is 2.14 bits per heavy atom. The van der Waals surface area contributed by atoms with E-state index in [4.69, 9.17) is 4.74 Å². The maximum Gasteiger partial charge on any atom is 0.411 e. The van der Waals surface area contributed by atoms with Crippen LogP contribution in [0.5, 0.6) is 0 Å². The number of ether oxygens (including phenoxy) is 1. The van der Waals surface area contributed by atoms with E-state index in [1.165, 1.54) is 4.90 Å². The molecule has 0 aromatic heterocycles. The van der Waals surface area contributed by atoms with Crippen LogP contribution in [0, 0.1) is 0 Å². The largest absolute Gasteiger partial charge is 0.438 e. The minimum absolute atomic E-state index is 0.0327. The summed E-state index contributed by atoms with van der Waals surface area (Å²) in [5.41, 5.74) is 3.15. The van der Waals surface area contributed by atoms with Gasteiger partial charge in [0.05, 0.1) is 13.0 Å². The second kappa shape index (κ2) is 11.5. The first-order valence-electron chi connectivity index (χ1n) is 12.2. The first-order chi connectivity index (χ1) is 17.4. The number of nitrogens with one attached hydrogen (secondary N) is 2. The predicted octanol–water partition coefficient (Wildman–Crippen LogP) is 4.84. The van der Waals surface area contributed by atoms with E-state index in [1.54, 1.807) is 24.3 Å². The summed E-state index contributed by atoms with van der Waals surface area (Å²) in [5, 5.41) is 5.89. The quantitative estimate of drug-likeness (QED) is 0.454. The smallest absolute Gasteiger partial charge is 0.411 e. The van der Waals surface area contributed by atoms with E-state index in [2.05, 4.69) is 10.6 Å². The van der Waals surface area contributed by atoms with E-state index in [9.17, 15) is 14.4 Å². The summed E-state index contributed by atoms with van der Waals surface area (Å²) in [6, 6.07) is 25.3. The van der Waals surface area contributed by atoms with Crippen molar-refractivity contribution in [3.05, 3.63) is 102 Å². The number of carbonyl (C=O) groups is 3. The molecule has 2 N–H and O–H groups in total. The number of cyclic esters (lactones) is 1. The van der Waals surface area contributed by atoms with Crippen molar-refractivity contribution < 1.29 is 19.1 Å². The Kier molecular flexibility index (Phi) is 8.00. The standard InChI is InChI=1S/C29H31N3O4/c1-3-20(2)30-28(34)26-27(36-29(35)32(26)19-22-12-8-5-9-13-22)23-14-16-24(17-15-23)31-25(33)18-21-10-6-4-7-11-21/h4-17,20,26-27H,3,18-19H2,1-2H3,(H,30,34)(H,31,33)/t20-,26+,27-/m0/s1. The Hall–Kier alpha value is -4.13. The van der Waals surface area contributed by atoms with Crippen LogP contribution in [0.4, 0.5) is 10.5 Å². The summed E-state index contributed by atoms with van der Waals surface area (Å²) in [5.74, 6) is -0.377. The highest BCUT2D eigenvalue weighted by Crippen LogP contribution is 2.34. The zero-order chi connectivity index (χ0) is 25.5. The topological polar surface area (TPSA) is 87.7 Å². The van der Waals surface area contributed by atoms with Crippen molar-refractivity contribution in [1.82, 2.24) is 10.2 Å². The van der Waals surface area contributed by atoms with Crippen molar-refractivity contribution in [3.63, 3.8) is 0 Å². The molecular formula is C29H31N3O4. The van der Waals surface area contributed by atoms with Gasteiger partial charge in [-0.2, -0.15) is 0 Å². The van der Waals surface area contributed by atoms with Gasteiger partial charge in [0.2, 0.25) is 11.8 Å². The minimum atomic E-state index is -0.815. The van der Waals surface area contributed by atoms with Crippen molar-refractivity contribution in [2.45, 2.75) is 51.4 Å². The molecule has 0 saturated carbocycles. The zero-order valence-electron chi connectivity index (χ0n) is 20.5. The van der Waals surface area contributed by atoms with Crippen LogP contribution in [-0.4, -0.2) is 34.9 Å². The van der Waals surface area contributed by atoms with Crippen molar-refractivity contribution in [2.24, 2.45) is 0 Å². The summed E-state index contributed by atoms with van der Waals surface area (Å²) >= 11 is 0. The Labute approximate surface area is 211 Å². The fraction of sp³-hybridized carbons (Fsp3) is 0.276. The molecule has 0 bridgehead atoms. The summed E-state index contributed by atoms with van der Waals surface area (Å²) in [6.45, 7) is 4.19. The summed E-state index contributed by atoms with van der Waals surface area (Å²) in [6.07, 6.45) is -0.254. The number of nitrogens with zero attached hydrogens (tertiary/aromatic N) is 1. The molecule has 1 aliphatic rings. The summed E-state index contributed by atoms with van der Waals surface area (Å²) < 4.78 is 5.72. The lowest BCUT2D eigenvalue weighted by atomic mass is 10.00. The second-order valence-electron chi connectivity index (χ2n) is 9.01. The minimum Gasteiger partial charge on any atom is -0.438 e. The number of rotatable bonds is 9. The number of benzene rings is 3. The zero-order valence-corrected chi connectivity index (χ0v) is 20.5. The van der Waals surface area contributed by atoms with E-state index in [0.717, 1.165) is 17.5 Å². The van der Waals surface area contributed by atoms with Gasteiger partial charge < -0.3 is 15.4 Å². The molecular weight excluding hydrogens is 454 g/mol. The van der Waals surface area contributed by atoms with Gasteiger partial charge in [-0.3, -0.25) is 14.5 Å². The molecule has 3 amide bonds. The maximum atomic E-state index is 13.3. The third kappa shape index (κ3) is 6.10. The number of carbonyl (C=O) groups excluding carboxylic acids is 3. The monoisotopic (exact) mass is 485 g/mol. The first-order valence-corrected chi connectivity index (χ1v) is 12.2. The van der Waals surface area contributed by atoms with Crippen LogP contribution in [0.3, 0.4) is 0 Å². The molecule has 0 radical (unpaired) electrons. The molecule has 4 rings (SSSR count). The molecule has 7 nitrogen and oxygen atoms in total. The lowest BCUT2D eigenvalue weighted by Gasteiger charge is -2.25. The molecule has 3 aromatic rings. The van der Waals surface area contributed by atoms with Crippen LogP contribution in [0.1, 0.15) is 43.1 Å². The third-order valence-electron chi connectivity index (χ3n) is 6.28.